The molecule has 2 rings (SSSR count). The summed E-state index contributed by atoms with van der Waals surface area (Å²) in [6.45, 7) is 7.23. The van der Waals surface area contributed by atoms with Crippen LogP contribution in [0.4, 0.5) is 10.1 Å². The normalized spacial score (nSPS) is 12.5. The van der Waals surface area contributed by atoms with Crippen molar-refractivity contribution >= 4 is 30.0 Å². The number of anilines is 1. The minimum absolute atomic E-state index is 0. The third kappa shape index (κ3) is 7.82. The summed E-state index contributed by atoms with van der Waals surface area (Å²) < 4.78 is 24.5. The van der Waals surface area contributed by atoms with Gasteiger partial charge in [0.25, 0.3) is 5.91 Å². The van der Waals surface area contributed by atoms with Crippen LogP contribution in [-0.2, 0) is 4.74 Å². The Morgan fingerprint density at radius 3 is 2.45 bits per heavy atom. The molecule has 2 aromatic rings. The molecular formula is C22H28ClFN2O5. The standard InChI is InChI=1S/C22H27FN2O5.ClH/c1-5-29-21(27)17-12-15(25-20(26)16-8-6-7-9-18(16)23)10-11-19(17)30-22(4,28)13-24-14(2)3;/h6-12,14,24,28H,5,13H2,1-4H3,(H,25,26);1H. The molecule has 3 N–H and O–H groups in total. The maximum atomic E-state index is 13.8. The summed E-state index contributed by atoms with van der Waals surface area (Å²) in [5.74, 6) is -3.50. The Morgan fingerprint density at radius 2 is 1.84 bits per heavy atom. The van der Waals surface area contributed by atoms with Gasteiger partial charge in [0.2, 0.25) is 5.79 Å². The monoisotopic (exact) mass is 454 g/mol. The fourth-order valence-corrected chi connectivity index (χ4v) is 2.58. The van der Waals surface area contributed by atoms with Crippen LogP contribution in [0.5, 0.6) is 5.75 Å². The summed E-state index contributed by atoms with van der Waals surface area (Å²) in [5, 5.41) is 16.1. The average Bonchev–Trinajstić information content (AvgIpc) is 2.68. The molecule has 170 valence electrons. The first-order chi connectivity index (χ1) is 14.1. The largest absolute Gasteiger partial charge is 0.462 e. The van der Waals surface area contributed by atoms with Crippen LogP contribution < -0.4 is 15.4 Å². The van der Waals surface area contributed by atoms with E-state index in [0.29, 0.717) is 0 Å². The zero-order chi connectivity index (χ0) is 22.3. The number of nitrogens with one attached hydrogen (secondary N) is 2. The Hall–Kier alpha value is -2.68. The lowest BCUT2D eigenvalue weighted by atomic mass is 10.1. The maximum absolute atomic E-state index is 13.8. The van der Waals surface area contributed by atoms with E-state index < -0.39 is 23.5 Å². The number of esters is 1. The molecule has 0 fully saturated rings. The average molecular weight is 455 g/mol. The van der Waals surface area contributed by atoms with Gasteiger partial charge >= 0.3 is 5.97 Å². The zero-order valence-corrected chi connectivity index (χ0v) is 18.7. The van der Waals surface area contributed by atoms with E-state index in [1.54, 1.807) is 13.0 Å². The Balaban J connectivity index is 0.00000480. The molecule has 0 bridgehead atoms. The van der Waals surface area contributed by atoms with Crippen LogP contribution in [0.1, 0.15) is 48.4 Å². The molecule has 1 amide bonds. The SMILES string of the molecule is CCOC(=O)c1cc(NC(=O)c2ccccc2F)ccc1OC(C)(O)CNC(C)C.Cl. The Labute approximate surface area is 187 Å². The van der Waals surface area contributed by atoms with E-state index in [1.165, 1.54) is 43.3 Å². The van der Waals surface area contributed by atoms with Crippen LogP contribution >= 0.6 is 12.4 Å². The van der Waals surface area contributed by atoms with E-state index in [-0.39, 0.29) is 54.2 Å². The van der Waals surface area contributed by atoms with Crippen LogP contribution in [0.2, 0.25) is 0 Å². The van der Waals surface area contributed by atoms with Gasteiger partial charge in [0.15, 0.2) is 0 Å². The van der Waals surface area contributed by atoms with Gasteiger partial charge in [0.1, 0.15) is 17.1 Å². The van der Waals surface area contributed by atoms with Crippen LogP contribution in [0.15, 0.2) is 42.5 Å². The van der Waals surface area contributed by atoms with E-state index in [1.807, 2.05) is 13.8 Å². The number of amides is 1. The highest BCUT2D eigenvalue weighted by Gasteiger charge is 2.26. The van der Waals surface area contributed by atoms with Gasteiger partial charge in [-0.1, -0.05) is 26.0 Å². The third-order valence-corrected chi connectivity index (χ3v) is 4.02. The second-order valence-electron chi connectivity index (χ2n) is 7.18. The first kappa shape index (κ1) is 26.4. The Kier molecular flexibility index (Phi) is 9.90. The van der Waals surface area contributed by atoms with Crippen LogP contribution in [0, 0.1) is 5.82 Å². The first-order valence-electron chi connectivity index (χ1n) is 9.64. The summed E-state index contributed by atoms with van der Waals surface area (Å²) in [6, 6.07) is 9.98. The fraction of sp³-hybridized carbons (Fsp3) is 0.364. The van der Waals surface area contributed by atoms with Gasteiger partial charge in [-0.2, -0.15) is 0 Å². The number of hydrogen-bond acceptors (Lipinski definition) is 6. The molecule has 1 unspecified atom stereocenters. The van der Waals surface area contributed by atoms with E-state index in [9.17, 15) is 19.1 Å². The van der Waals surface area contributed by atoms with Crippen LogP contribution in [0.25, 0.3) is 0 Å². The van der Waals surface area contributed by atoms with Crippen molar-refractivity contribution in [1.29, 1.82) is 0 Å². The van der Waals surface area contributed by atoms with Gasteiger partial charge in [-0.3, -0.25) is 4.79 Å². The van der Waals surface area contributed by atoms with E-state index >= 15 is 0 Å². The van der Waals surface area contributed by atoms with Gasteiger partial charge in [-0.25, -0.2) is 9.18 Å². The van der Waals surface area contributed by atoms with Gasteiger partial charge in [0, 0.05) is 18.7 Å². The number of benzene rings is 2. The quantitative estimate of drug-likeness (QED) is 0.394. The minimum atomic E-state index is -1.59. The lowest BCUT2D eigenvalue weighted by Gasteiger charge is -2.27. The lowest BCUT2D eigenvalue weighted by molar-refractivity contribution is -0.119. The molecule has 9 heteroatoms. The van der Waals surface area contributed by atoms with Crippen molar-refractivity contribution in [3.63, 3.8) is 0 Å². The van der Waals surface area contributed by atoms with Crippen molar-refractivity contribution < 1.29 is 28.6 Å². The van der Waals surface area contributed by atoms with Crippen LogP contribution in [0.3, 0.4) is 0 Å². The molecule has 0 saturated carbocycles. The number of carbonyl (C=O) groups is 2. The molecule has 31 heavy (non-hydrogen) atoms. The molecule has 0 heterocycles. The molecule has 0 saturated heterocycles. The first-order valence-corrected chi connectivity index (χ1v) is 9.64. The van der Waals surface area contributed by atoms with Crippen molar-refractivity contribution in [2.24, 2.45) is 0 Å². The van der Waals surface area contributed by atoms with Crippen molar-refractivity contribution in [1.82, 2.24) is 5.32 Å². The second-order valence-corrected chi connectivity index (χ2v) is 7.18. The zero-order valence-electron chi connectivity index (χ0n) is 17.9. The lowest BCUT2D eigenvalue weighted by Crippen LogP contribution is -2.45. The van der Waals surface area contributed by atoms with Gasteiger partial charge < -0.3 is 25.2 Å². The highest BCUT2D eigenvalue weighted by atomic mass is 35.5. The number of carbonyl (C=O) groups excluding carboxylic acids is 2. The molecule has 0 aliphatic heterocycles. The number of ether oxygens (including phenoxy) is 2. The molecule has 7 nitrogen and oxygen atoms in total. The Bertz CT molecular complexity index is 905. The highest BCUT2D eigenvalue weighted by molar-refractivity contribution is 6.05. The third-order valence-electron chi connectivity index (χ3n) is 4.02. The maximum Gasteiger partial charge on any atom is 0.341 e. The smallest absolute Gasteiger partial charge is 0.341 e. The summed E-state index contributed by atoms with van der Waals surface area (Å²) in [4.78, 5) is 24.8. The number of aliphatic hydroxyl groups is 1. The minimum Gasteiger partial charge on any atom is -0.462 e. The number of rotatable bonds is 9. The Morgan fingerprint density at radius 1 is 1.16 bits per heavy atom. The molecule has 0 aliphatic carbocycles. The van der Waals surface area contributed by atoms with Gasteiger partial charge in [-0.05, 0) is 37.3 Å². The number of hydrogen-bond donors (Lipinski definition) is 3. The summed E-state index contributed by atoms with van der Waals surface area (Å²) in [7, 11) is 0. The topological polar surface area (TPSA) is 96.9 Å². The highest BCUT2D eigenvalue weighted by Crippen LogP contribution is 2.27. The van der Waals surface area contributed by atoms with Crippen molar-refractivity contribution in [2.45, 2.75) is 39.5 Å². The van der Waals surface area contributed by atoms with Gasteiger partial charge in [-0.15, -0.1) is 12.4 Å². The summed E-state index contributed by atoms with van der Waals surface area (Å²) >= 11 is 0. The summed E-state index contributed by atoms with van der Waals surface area (Å²) in [6.07, 6.45) is 0. The predicted octanol–water partition coefficient (Wildman–Crippen LogP) is 3.76. The van der Waals surface area contributed by atoms with Crippen LogP contribution in [-0.4, -0.2) is 42.0 Å². The second kappa shape index (κ2) is 11.6. The fourth-order valence-electron chi connectivity index (χ4n) is 2.58. The molecule has 1 atom stereocenters. The van der Waals surface area contributed by atoms with Crippen molar-refractivity contribution in [2.75, 3.05) is 18.5 Å². The van der Waals surface area contributed by atoms with E-state index in [0.717, 1.165) is 0 Å². The van der Waals surface area contributed by atoms with Crippen molar-refractivity contribution in [3.05, 3.63) is 59.4 Å². The molecule has 0 aromatic heterocycles. The molecule has 2 aromatic carbocycles. The molecule has 0 spiro atoms. The molecule has 0 aliphatic rings. The molecular weight excluding hydrogens is 427 g/mol. The predicted molar refractivity (Wildman–Crippen MR) is 118 cm³/mol. The number of halogens is 2. The summed E-state index contributed by atoms with van der Waals surface area (Å²) in [5.41, 5.74) is 0.143. The van der Waals surface area contributed by atoms with Gasteiger partial charge in [0.05, 0.1) is 18.7 Å². The van der Waals surface area contributed by atoms with E-state index in [4.69, 9.17) is 9.47 Å². The molecule has 0 radical (unpaired) electrons. The van der Waals surface area contributed by atoms with Crippen molar-refractivity contribution in [3.8, 4) is 5.75 Å². The van der Waals surface area contributed by atoms with E-state index in [2.05, 4.69) is 10.6 Å².